The number of primary sulfonamides is 1. The molecule has 2 heterocycles. The molecule has 118 valence electrons. The SMILES string of the molecule is COc1ccc2sc(N3CC(CS(N)(=O)=O)CC3=O)nc2c1. The Morgan fingerprint density at radius 2 is 2.27 bits per heavy atom. The van der Waals surface area contributed by atoms with Gasteiger partial charge in [-0.05, 0) is 12.1 Å². The van der Waals surface area contributed by atoms with Gasteiger partial charge in [-0.15, -0.1) is 0 Å². The number of sulfonamides is 1. The number of rotatable bonds is 4. The molecule has 3 rings (SSSR count). The van der Waals surface area contributed by atoms with Crippen LogP contribution in [-0.4, -0.2) is 38.7 Å². The van der Waals surface area contributed by atoms with E-state index in [4.69, 9.17) is 9.88 Å². The molecule has 2 N–H and O–H groups in total. The summed E-state index contributed by atoms with van der Waals surface area (Å²) in [6, 6.07) is 5.52. The van der Waals surface area contributed by atoms with Crippen LogP contribution in [0, 0.1) is 5.92 Å². The Balaban J connectivity index is 1.86. The molecular weight excluding hydrogens is 326 g/mol. The van der Waals surface area contributed by atoms with Crippen LogP contribution in [0.3, 0.4) is 0 Å². The molecule has 0 bridgehead atoms. The van der Waals surface area contributed by atoms with Crippen LogP contribution in [0.1, 0.15) is 6.42 Å². The van der Waals surface area contributed by atoms with Crippen LogP contribution >= 0.6 is 11.3 Å². The summed E-state index contributed by atoms with van der Waals surface area (Å²) in [5.41, 5.74) is 0.752. The highest BCUT2D eigenvalue weighted by Crippen LogP contribution is 2.34. The number of methoxy groups -OCH3 is 1. The Bertz CT molecular complexity index is 831. The first-order chi connectivity index (χ1) is 10.4. The zero-order valence-electron chi connectivity index (χ0n) is 11.9. The lowest BCUT2D eigenvalue weighted by atomic mass is 10.1. The van der Waals surface area contributed by atoms with Gasteiger partial charge in [0, 0.05) is 24.9 Å². The molecule has 0 saturated carbocycles. The van der Waals surface area contributed by atoms with Crippen molar-refractivity contribution in [2.45, 2.75) is 6.42 Å². The lowest BCUT2D eigenvalue weighted by molar-refractivity contribution is -0.117. The molecule has 0 spiro atoms. The Kier molecular flexibility index (Phi) is 3.79. The molecule has 0 radical (unpaired) electrons. The van der Waals surface area contributed by atoms with E-state index in [0.29, 0.717) is 17.4 Å². The maximum atomic E-state index is 12.1. The molecule has 22 heavy (non-hydrogen) atoms. The minimum atomic E-state index is -3.58. The maximum Gasteiger partial charge on any atom is 0.229 e. The topological polar surface area (TPSA) is 103 Å². The van der Waals surface area contributed by atoms with E-state index in [1.807, 2.05) is 12.1 Å². The monoisotopic (exact) mass is 341 g/mol. The number of carbonyl (C=O) groups is 1. The molecular formula is C13H15N3O4S2. The number of carbonyl (C=O) groups excluding carboxylic acids is 1. The van der Waals surface area contributed by atoms with Crippen LogP contribution in [0.5, 0.6) is 5.75 Å². The molecule has 1 unspecified atom stereocenters. The summed E-state index contributed by atoms with van der Waals surface area (Å²) in [7, 11) is -2.00. The summed E-state index contributed by atoms with van der Waals surface area (Å²) in [5, 5.41) is 5.63. The minimum absolute atomic E-state index is 0.125. The van der Waals surface area contributed by atoms with Crippen molar-refractivity contribution in [3.8, 4) is 5.75 Å². The fourth-order valence-electron chi connectivity index (χ4n) is 2.54. The van der Waals surface area contributed by atoms with Gasteiger partial charge in [-0.3, -0.25) is 9.69 Å². The van der Waals surface area contributed by atoms with E-state index in [1.54, 1.807) is 13.2 Å². The fourth-order valence-corrected chi connectivity index (χ4v) is 4.40. The first-order valence-electron chi connectivity index (χ1n) is 6.61. The number of hydrogen-bond acceptors (Lipinski definition) is 6. The van der Waals surface area contributed by atoms with E-state index in [0.717, 1.165) is 10.2 Å². The second kappa shape index (κ2) is 5.49. The summed E-state index contributed by atoms with van der Waals surface area (Å²) in [4.78, 5) is 18.1. The number of nitrogens with zero attached hydrogens (tertiary/aromatic N) is 2. The highest BCUT2D eigenvalue weighted by atomic mass is 32.2. The van der Waals surface area contributed by atoms with Crippen molar-refractivity contribution in [2.75, 3.05) is 24.3 Å². The van der Waals surface area contributed by atoms with Gasteiger partial charge in [0.2, 0.25) is 15.9 Å². The van der Waals surface area contributed by atoms with Crippen LogP contribution < -0.4 is 14.8 Å². The molecule has 7 nitrogen and oxygen atoms in total. The number of ether oxygens (including phenoxy) is 1. The van der Waals surface area contributed by atoms with E-state index < -0.39 is 10.0 Å². The molecule has 1 fully saturated rings. The second-order valence-electron chi connectivity index (χ2n) is 5.23. The van der Waals surface area contributed by atoms with Gasteiger partial charge in [-0.25, -0.2) is 18.5 Å². The molecule has 2 aromatic rings. The molecule has 1 saturated heterocycles. The number of amides is 1. The number of anilines is 1. The van der Waals surface area contributed by atoms with Gasteiger partial charge >= 0.3 is 0 Å². The zero-order chi connectivity index (χ0) is 15.9. The number of fused-ring (bicyclic) bond motifs is 1. The quantitative estimate of drug-likeness (QED) is 0.892. The second-order valence-corrected chi connectivity index (χ2v) is 7.90. The highest BCUT2D eigenvalue weighted by molar-refractivity contribution is 7.89. The minimum Gasteiger partial charge on any atom is -0.497 e. The number of hydrogen-bond donors (Lipinski definition) is 1. The van der Waals surface area contributed by atoms with Crippen molar-refractivity contribution in [3.05, 3.63) is 18.2 Å². The number of thiazole rings is 1. The van der Waals surface area contributed by atoms with E-state index in [-0.39, 0.29) is 24.0 Å². The zero-order valence-corrected chi connectivity index (χ0v) is 13.5. The molecule has 0 aliphatic carbocycles. The van der Waals surface area contributed by atoms with E-state index in [1.165, 1.54) is 16.2 Å². The Morgan fingerprint density at radius 1 is 1.50 bits per heavy atom. The largest absolute Gasteiger partial charge is 0.497 e. The van der Waals surface area contributed by atoms with E-state index in [2.05, 4.69) is 4.98 Å². The number of benzene rings is 1. The van der Waals surface area contributed by atoms with Gasteiger partial charge in [0.05, 0.1) is 23.1 Å². The predicted molar refractivity (Wildman–Crippen MR) is 84.6 cm³/mol. The Hall–Kier alpha value is -1.71. The molecule has 1 amide bonds. The number of aromatic nitrogens is 1. The Morgan fingerprint density at radius 3 is 2.95 bits per heavy atom. The predicted octanol–water partition coefficient (Wildman–Crippen LogP) is 0.946. The standard InChI is InChI=1S/C13H15N3O4S2/c1-20-9-2-3-11-10(5-9)15-13(21-11)16-6-8(4-12(16)17)7-22(14,18)19/h2-3,5,8H,4,6-7H2,1H3,(H2,14,18,19). The summed E-state index contributed by atoms with van der Waals surface area (Å²) in [6.45, 7) is 0.326. The molecule has 1 aliphatic heterocycles. The van der Waals surface area contributed by atoms with Crippen molar-refractivity contribution in [1.82, 2.24) is 4.98 Å². The summed E-state index contributed by atoms with van der Waals surface area (Å²) in [5.74, 6) is 0.0986. The van der Waals surface area contributed by atoms with Gasteiger partial charge < -0.3 is 4.74 Å². The van der Waals surface area contributed by atoms with E-state index >= 15 is 0 Å². The van der Waals surface area contributed by atoms with Crippen molar-refractivity contribution >= 4 is 42.6 Å². The normalized spacial score (nSPS) is 19.1. The van der Waals surface area contributed by atoms with Crippen molar-refractivity contribution in [3.63, 3.8) is 0 Å². The van der Waals surface area contributed by atoms with Crippen molar-refractivity contribution < 1.29 is 17.9 Å². The number of nitrogens with two attached hydrogens (primary N) is 1. The van der Waals surface area contributed by atoms with Crippen LogP contribution in [0.25, 0.3) is 10.2 Å². The average Bonchev–Trinajstić information content (AvgIpc) is 2.98. The van der Waals surface area contributed by atoms with Crippen LogP contribution in [0.2, 0.25) is 0 Å². The van der Waals surface area contributed by atoms with Gasteiger partial charge in [0.15, 0.2) is 5.13 Å². The van der Waals surface area contributed by atoms with Crippen LogP contribution in [-0.2, 0) is 14.8 Å². The summed E-state index contributed by atoms with van der Waals surface area (Å²) < 4.78 is 28.4. The van der Waals surface area contributed by atoms with Crippen molar-refractivity contribution in [1.29, 1.82) is 0 Å². The van der Waals surface area contributed by atoms with Gasteiger partial charge in [-0.1, -0.05) is 11.3 Å². The van der Waals surface area contributed by atoms with Crippen molar-refractivity contribution in [2.24, 2.45) is 11.1 Å². The third-order valence-electron chi connectivity index (χ3n) is 3.49. The third kappa shape index (κ3) is 3.06. The molecule has 1 aromatic heterocycles. The lowest BCUT2D eigenvalue weighted by Crippen LogP contribution is -2.27. The van der Waals surface area contributed by atoms with Crippen LogP contribution in [0.4, 0.5) is 5.13 Å². The van der Waals surface area contributed by atoms with Gasteiger partial charge in [-0.2, -0.15) is 0 Å². The molecule has 1 aromatic carbocycles. The summed E-state index contributed by atoms with van der Waals surface area (Å²) >= 11 is 1.40. The van der Waals surface area contributed by atoms with Gasteiger partial charge in [0.25, 0.3) is 0 Å². The summed E-state index contributed by atoms with van der Waals surface area (Å²) in [6.07, 6.45) is 0.176. The Labute approximate surface area is 131 Å². The molecule has 1 atom stereocenters. The third-order valence-corrected chi connectivity index (χ3v) is 5.48. The van der Waals surface area contributed by atoms with E-state index in [9.17, 15) is 13.2 Å². The first-order valence-corrected chi connectivity index (χ1v) is 9.14. The molecule has 9 heteroatoms. The van der Waals surface area contributed by atoms with Crippen LogP contribution in [0.15, 0.2) is 18.2 Å². The smallest absolute Gasteiger partial charge is 0.229 e. The maximum absolute atomic E-state index is 12.1. The molecule has 1 aliphatic rings. The van der Waals surface area contributed by atoms with Gasteiger partial charge in [0.1, 0.15) is 5.75 Å². The first kappa shape index (κ1) is 15.2. The lowest BCUT2D eigenvalue weighted by Gasteiger charge is -2.12. The fraction of sp³-hybridized carbons (Fsp3) is 0.385. The average molecular weight is 341 g/mol. The highest BCUT2D eigenvalue weighted by Gasteiger charge is 2.34.